The summed E-state index contributed by atoms with van der Waals surface area (Å²) in [5, 5.41) is 2.47. The number of benzene rings is 1. The number of amides is 2. The average molecular weight is 542 g/mol. The van der Waals surface area contributed by atoms with Crippen molar-refractivity contribution >= 4 is 47.0 Å². The van der Waals surface area contributed by atoms with Gasteiger partial charge in [0.25, 0.3) is 0 Å². The molecule has 0 aromatic heterocycles. The number of carbonyl (C=O) groups excluding carboxylic acids is 2. The maximum atomic E-state index is 12.6. The van der Waals surface area contributed by atoms with E-state index in [0.717, 1.165) is 24.8 Å². The quantitative estimate of drug-likeness (QED) is 0.294. The van der Waals surface area contributed by atoms with Crippen LogP contribution in [-0.4, -0.2) is 79.8 Å². The first-order valence-electron chi connectivity index (χ1n) is 11.1. The van der Waals surface area contributed by atoms with Crippen molar-refractivity contribution in [3.8, 4) is 0 Å². The molecule has 1 aromatic carbocycles. The van der Waals surface area contributed by atoms with Crippen LogP contribution >= 0.6 is 34.8 Å². The molecule has 1 aliphatic heterocycles. The lowest BCUT2D eigenvalue weighted by Crippen LogP contribution is -2.38. The number of ether oxygens (including phenoxy) is 5. The summed E-state index contributed by atoms with van der Waals surface area (Å²) in [7, 11) is 0. The molecule has 0 bridgehead atoms. The van der Waals surface area contributed by atoms with Gasteiger partial charge in [-0.25, -0.2) is 9.59 Å². The van der Waals surface area contributed by atoms with Crippen LogP contribution < -0.4 is 5.32 Å². The van der Waals surface area contributed by atoms with E-state index in [4.69, 9.17) is 58.5 Å². The summed E-state index contributed by atoms with van der Waals surface area (Å²) >= 11 is 16.5. The summed E-state index contributed by atoms with van der Waals surface area (Å²) in [6.07, 6.45) is 1.53. The zero-order valence-corrected chi connectivity index (χ0v) is 21.2. The maximum Gasteiger partial charge on any atom is 0.410 e. The molecule has 0 radical (unpaired) electrons. The molecule has 2 rings (SSSR count). The Bertz CT molecular complexity index is 716. The predicted molar refractivity (Wildman–Crippen MR) is 128 cm³/mol. The number of hydrogen-bond acceptors (Lipinski definition) is 7. The molecule has 1 unspecified atom stereocenters. The highest BCUT2D eigenvalue weighted by Gasteiger charge is 2.22. The van der Waals surface area contributed by atoms with Gasteiger partial charge >= 0.3 is 12.2 Å². The Morgan fingerprint density at radius 1 is 1.06 bits per heavy atom. The minimum absolute atomic E-state index is 0.170. The monoisotopic (exact) mass is 540 g/mol. The largest absolute Gasteiger partial charge is 0.445 e. The van der Waals surface area contributed by atoms with Crippen LogP contribution in [0.3, 0.4) is 0 Å². The van der Waals surface area contributed by atoms with Gasteiger partial charge in [-0.1, -0.05) is 65.1 Å². The Labute approximate surface area is 214 Å². The van der Waals surface area contributed by atoms with Crippen LogP contribution in [0, 0.1) is 0 Å². The number of carbonyl (C=O) groups is 2. The van der Waals surface area contributed by atoms with E-state index in [1.807, 2.05) is 30.3 Å². The summed E-state index contributed by atoms with van der Waals surface area (Å²) < 4.78 is 25.3. The molecule has 1 atom stereocenters. The predicted octanol–water partition coefficient (Wildman–Crippen LogP) is 4.28. The zero-order valence-electron chi connectivity index (χ0n) is 18.9. The van der Waals surface area contributed by atoms with Crippen molar-refractivity contribution in [3.05, 3.63) is 35.9 Å². The van der Waals surface area contributed by atoms with E-state index in [1.165, 1.54) is 4.90 Å². The fourth-order valence-corrected chi connectivity index (χ4v) is 3.11. The fraction of sp³-hybridized carbons (Fsp3) is 0.636. The van der Waals surface area contributed by atoms with Crippen LogP contribution in [0.5, 0.6) is 0 Å². The number of alkyl carbamates (subject to hydrolysis) is 1. The summed E-state index contributed by atoms with van der Waals surface area (Å²) in [5.74, 6) is 0. The van der Waals surface area contributed by atoms with Gasteiger partial charge in [0, 0.05) is 26.2 Å². The van der Waals surface area contributed by atoms with E-state index in [2.05, 4.69) is 5.32 Å². The van der Waals surface area contributed by atoms with Gasteiger partial charge < -0.3 is 33.9 Å². The first-order chi connectivity index (χ1) is 16.3. The molecule has 1 N–H and O–H groups in total. The Hall–Kier alpha value is -1.49. The van der Waals surface area contributed by atoms with Gasteiger partial charge in [-0.05, 0) is 24.8 Å². The summed E-state index contributed by atoms with van der Waals surface area (Å²) in [4.78, 5) is 25.6. The van der Waals surface area contributed by atoms with Crippen molar-refractivity contribution in [2.75, 3.05) is 52.7 Å². The second-order valence-electron chi connectivity index (χ2n) is 7.42. The minimum atomic E-state index is -1.67. The van der Waals surface area contributed by atoms with Gasteiger partial charge in [0.2, 0.25) is 3.79 Å². The van der Waals surface area contributed by atoms with Gasteiger partial charge in [-0.2, -0.15) is 0 Å². The van der Waals surface area contributed by atoms with Crippen LogP contribution in [0.1, 0.15) is 24.8 Å². The average Bonchev–Trinajstić information content (AvgIpc) is 2.83. The molecular weight excluding hydrogens is 511 g/mol. The lowest BCUT2D eigenvalue weighted by atomic mass is 10.2. The zero-order chi connectivity index (χ0) is 24.7. The molecule has 0 saturated carbocycles. The van der Waals surface area contributed by atoms with Gasteiger partial charge in [-0.3, -0.25) is 0 Å². The number of nitrogens with one attached hydrogen (secondary N) is 1. The van der Waals surface area contributed by atoms with E-state index in [9.17, 15) is 9.59 Å². The molecule has 1 heterocycles. The summed E-state index contributed by atoms with van der Waals surface area (Å²) in [6, 6.07) is 9.43. The highest BCUT2D eigenvalue weighted by Crippen LogP contribution is 2.25. The molecule has 9 nitrogen and oxygen atoms in total. The molecule has 1 fully saturated rings. The number of hydrogen-bond donors (Lipinski definition) is 1. The number of rotatable bonds is 13. The number of alkyl halides is 3. The molecule has 12 heteroatoms. The van der Waals surface area contributed by atoms with Gasteiger partial charge in [-0.15, -0.1) is 0 Å². The van der Waals surface area contributed by atoms with Gasteiger partial charge in [0.15, 0.2) is 6.29 Å². The molecule has 192 valence electrons. The Balaban J connectivity index is 1.69. The van der Waals surface area contributed by atoms with E-state index in [1.54, 1.807) is 0 Å². The highest BCUT2D eigenvalue weighted by atomic mass is 35.6. The van der Waals surface area contributed by atoms with E-state index in [-0.39, 0.29) is 39.3 Å². The lowest BCUT2D eigenvalue weighted by Gasteiger charge is -2.26. The van der Waals surface area contributed by atoms with Crippen molar-refractivity contribution in [2.24, 2.45) is 0 Å². The van der Waals surface area contributed by atoms with Crippen molar-refractivity contribution in [3.63, 3.8) is 0 Å². The third-order valence-corrected chi connectivity index (χ3v) is 4.98. The van der Waals surface area contributed by atoms with Crippen molar-refractivity contribution in [1.82, 2.24) is 10.2 Å². The van der Waals surface area contributed by atoms with Crippen LogP contribution in [0.25, 0.3) is 0 Å². The molecule has 2 amide bonds. The van der Waals surface area contributed by atoms with Gasteiger partial charge in [0.1, 0.15) is 13.2 Å². The van der Waals surface area contributed by atoms with Crippen LogP contribution in [0.4, 0.5) is 9.59 Å². The Morgan fingerprint density at radius 2 is 1.82 bits per heavy atom. The molecule has 0 aliphatic carbocycles. The smallest absolute Gasteiger partial charge is 0.410 e. The molecule has 1 saturated heterocycles. The van der Waals surface area contributed by atoms with E-state index < -0.39 is 16.0 Å². The van der Waals surface area contributed by atoms with E-state index >= 15 is 0 Å². The first kappa shape index (κ1) is 28.7. The second kappa shape index (κ2) is 16.2. The lowest BCUT2D eigenvalue weighted by molar-refractivity contribution is -0.163. The van der Waals surface area contributed by atoms with Crippen molar-refractivity contribution in [2.45, 2.75) is 36.0 Å². The highest BCUT2D eigenvalue weighted by molar-refractivity contribution is 6.67. The normalized spacial score (nSPS) is 16.0. The van der Waals surface area contributed by atoms with Crippen molar-refractivity contribution in [1.29, 1.82) is 0 Å². The van der Waals surface area contributed by atoms with Gasteiger partial charge in [0.05, 0.1) is 19.8 Å². The first-order valence-corrected chi connectivity index (χ1v) is 12.2. The Kier molecular flexibility index (Phi) is 13.7. The van der Waals surface area contributed by atoms with Crippen LogP contribution in [0.15, 0.2) is 30.3 Å². The molecule has 1 aliphatic rings. The number of nitrogens with zero attached hydrogens (tertiary/aromatic N) is 1. The Morgan fingerprint density at radius 3 is 2.53 bits per heavy atom. The van der Waals surface area contributed by atoms with E-state index in [0.29, 0.717) is 26.3 Å². The topological polar surface area (TPSA) is 95.6 Å². The summed E-state index contributed by atoms with van der Waals surface area (Å²) in [6.45, 7) is 2.09. The standard InChI is InChI=1S/C22H31Cl3N2O7/c23-22(24,25)17-34-20(28)26-9-13-30-14-10-27(11-15-32-19-8-4-5-12-31-19)21(29)33-16-18-6-2-1-3-7-18/h1-3,6-7,19H,4-5,8-17H2,(H,26,28). The van der Waals surface area contributed by atoms with Crippen LogP contribution in [0.2, 0.25) is 0 Å². The third kappa shape index (κ3) is 13.4. The molecule has 34 heavy (non-hydrogen) atoms. The maximum absolute atomic E-state index is 12.6. The summed E-state index contributed by atoms with van der Waals surface area (Å²) in [5.41, 5.74) is 0.895. The third-order valence-electron chi connectivity index (χ3n) is 4.65. The molecule has 1 aromatic rings. The molecule has 0 spiro atoms. The number of halogens is 3. The fourth-order valence-electron chi connectivity index (χ4n) is 2.94. The SMILES string of the molecule is O=C(NCCOCCN(CCOC1CCCCO1)C(=O)OCc1ccccc1)OCC(Cl)(Cl)Cl. The second-order valence-corrected chi connectivity index (χ2v) is 9.94. The van der Waals surface area contributed by atoms with Crippen molar-refractivity contribution < 1.29 is 33.3 Å². The minimum Gasteiger partial charge on any atom is -0.445 e. The van der Waals surface area contributed by atoms with Crippen LogP contribution in [-0.2, 0) is 30.3 Å². The molecular formula is C22H31Cl3N2O7.